The number of aliphatic hydroxyl groups is 1. The fraction of sp³-hybridized carbons (Fsp3) is 0.250. The van der Waals surface area contributed by atoms with Crippen molar-refractivity contribution in [1.82, 2.24) is 18.8 Å². The van der Waals surface area contributed by atoms with Crippen molar-refractivity contribution in [2.45, 2.75) is 37.3 Å². The van der Waals surface area contributed by atoms with E-state index in [2.05, 4.69) is 39.1 Å². The molecule has 210 valence electrons. The molecule has 0 spiro atoms. The Morgan fingerprint density at radius 2 is 1.68 bits per heavy atom. The molecule has 1 N–H and O–H groups in total. The van der Waals surface area contributed by atoms with Crippen LogP contribution in [0.1, 0.15) is 24.0 Å². The van der Waals surface area contributed by atoms with Gasteiger partial charge in [0.2, 0.25) is 5.88 Å². The quantitative estimate of drug-likeness (QED) is 0.285. The molecule has 41 heavy (non-hydrogen) atoms. The van der Waals surface area contributed by atoms with Gasteiger partial charge in [0.1, 0.15) is 0 Å². The number of β-amino-alcohol motifs (C(OH)–C–C–N with tert-alkyl or cyclic N) is 1. The Morgan fingerprint density at radius 1 is 0.951 bits per heavy atom. The molecule has 0 saturated carbocycles. The molecule has 1 aliphatic heterocycles. The molecule has 1 fully saturated rings. The third-order valence-corrected chi connectivity index (χ3v) is 9.28. The summed E-state index contributed by atoms with van der Waals surface area (Å²) in [7, 11) is -2.34. The van der Waals surface area contributed by atoms with Gasteiger partial charge in [-0.1, -0.05) is 42.0 Å². The first-order chi connectivity index (χ1) is 19.8. The lowest BCUT2D eigenvalue weighted by Crippen LogP contribution is -2.37. The number of aromatic nitrogens is 3. The molecule has 5 aromatic rings. The average molecular weight is 569 g/mol. The molecular formula is C32H32N4O4S. The van der Waals surface area contributed by atoms with Crippen LogP contribution in [0.2, 0.25) is 0 Å². The fourth-order valence-corrected chi connectivity index (χ4v) is 6.69. The van der Waals surface area contributed by atoms with Crippen LogP contribution in [0, 0.1) is 6.92 Å². The number of methoxy groups -OCH3 is 1. The number of aryl methyl sites for hydroxylation is 1. The summed E-state index contributed by atoms with van der Waals surface area (Å²) >= 11 is 0. The van der Waals surface area contributed by atoms with Crippen LogP contribution in [0.25, 0.3) is 33.3 Å². The fourth-order valence-electron chi connectivity index (χ4n) is 5.37. The highest BCUT2D eigenvalue weighted by Gasteiger charge is 2.24. The molecule has 0 amide bonds. The summed E-state index contributed by atoms with van der Waals surface area (Å²) in [5.74, 6) is 0.475. The van der Waals surface area contributed by atoms with Gasteiger partial charge in [0.05, 0.1) is 18.1 Å². The number of ether oxygens (including phenoxy) is 1. The summed E-state index contributed by atoms with van der Waals surface area (Å²) < 4.78 is 34.0. The Morgan fingerprint density at radius 3 is 2.37 bits per heavy atom. The molecule has 6 rings (SSSR count). The highest BCUT2D eigenvalue weighted by molar-refractivity contribution is 7.90. The topological polar surface area (TPSA) is 97.5 Å². The second-order valence-corrected chi connectivity index (χ2v) is 12.4. The number of benzene rings is 2. The molecule has 1 unspecified atom stereocenters. The van der Waals surface area contributed by atoms with Crippen LogP contribution in [0.3, 0.4) is 0 Å². The lowest BCUT2D eigenvalue weighted by Gasteiger charge is -2.29. The molecule has 1 saturated heterocycles. The van der Waals surface area contributed by atoms with Gasteiger partial charge in [0, 0.05) is 59.8 Å². The van der Waals surface area contributed by atoms with Gasteiger partial charge < -0.3 is 9.84 Å². The third kappa shape index (κ3) is 5.48. The predicted molar refractivity (Wildman–Crippen MR) is 159 cm³/mol. The van der Waals surface area contributed by atoms with Gasteiger partial charge >= 0.3 is 0 Å². The second kappa shape index (κ2) is 11.1. The van der Waals surface area contributed by atoms with Crippen molar-refractivity contribution in [2.75, 3.05) is 20.2 Å². The first kappa shape index (κ1) is 27.1. The Kier molecular flexibility index (Phi) is 7.33. The molecule has 2 aromatic carbocycles. The number of pyridine rings is 2. The van der Waals surface area contributed by atoms with Gasteiger partial charge in [-0.15, -0.1) is 0 Å². The molecule has 3 aromatic heterocycles. The number of aliphatic hydroxyl groups excluding tert-OH is 1. The molecule has 0 aliphatic carbocycles. The van der Waals surface area contributed by atoms with E-state index in [1.54, 1.807) is 56.0 Å². The van der Waals surface area contributed by atoms with E-state index < -0.39 is 10.0 Å². The lowest BCUT2D eigenvalue weighted by molar-refractivity contribution is 0.0668. The minimum atomic E-state index is -3.90. The molecular weight excluding hydrogens is 536 g/mol. The first-order valence-electron chi connectivity index (χ1n) is 13.7. The monoisotopic (exact) mass is 568 g/mol. The molecule has 4 heterocycles. The maximum Gasteiger partial charge on any atom is 0.269 e. The van der Waals surface area contributed by atoms with Crippen LogP contribution in [-0.4, -0.2) is 58.7 Å². The van der Waals surface area contributed by atoms with Crippen molar-refractivity contribution in [1.29, 1.82) is 0 Å². The zero-order valence-corrected chi connectivity index (χ0v) is 23.9. The summed E-state index contributed by atoms with van der Waals surface area (Å²) in [5.41, 5.74) is 5.83. The van der Waals surface area contributed by atoms with E-state index in [0.717, 1.165) is 48.2 Å². The maximum atomic E-state index is 13.7. The average Bonchev–Trinajstić information content (AvgIpc) is 3.38. The Balaban J connectivity index is 1.40. The number of likely N-dealkylation sites (tertiary alicyclic amines) is 1. The molecule has 0 bridgehead atoms. The third-order valence-electron chi connectivity index (χ3n) is 7.62. The van der Waals surface area contributed by atoms with Crippen molar-refractivity contribution in [2.24, 2.45) is 0 Å². The number of rotatable bonds is 7. The standard InChI is InChI=1S/C32H32N4O4S/c1-22-5-12-28(13-6-22)41(38,39)36-21-30(25-11-14-31(40-2)33-17-25)29-16-26(18-34-32(29)36)24-9-7-23(8-10-24)19-35-15-3-4-27(37)20-35/h5-14,16-18,21,27,37H,3-4,15,19-20H2,1-2H3. The smallest absolute Gasteiger partial charge is 0.269 e. The van der Waals surface area contributed by atoms with Crippen molar-refractivity contribution in [3.8, 4) is 28.1 Å². The second-order valence-electron chi connectivity index (χ2n) is 10.6. The van der Waals surface area contributed by atoms with Crippen LogP contribution >= 0.6 is 0 Å². The van der Waals surface area contributed by atoms with Crippen LogP contribution < -0.4 is 4.74 Å². The number of fused-ring (bicyclic) bond motifs is 1. The van der Waals surface area contributed by atoms with Gasteiger partial charge in [0.15, 0.2) is 5.65 Å². The zero-order chi connectivity index (χ0) is 28.6. The summed E-state index contributed by atoms with van der Waals surface area (Å²) in [6.45, 7) is 4.41. The Labute approximate surface area is 239 Å². The first-order valence-corrected chi connectivity index (χ1v) is 15.1. The Bertz CT molecular complexity index is 1780. The molecule has 9 heteroatoms. The van der Waals surface area contributed by atoms with Crippen LogP contribution in [-0.2, 0) is 16.6 Å². The number of hydrogen-bond donors (Lipinski definition) is 1. The van der Waals surface area contributed by atoms with Crippen molar-refractivity contribution < 1.29 is 18.3 Å². The van der Waals surface area contributed by atoms with E-state index in [4.69, 9.17) is 4.74 Å². The Hall–Kier alpha value is -4.05. The normalized spacial score (nSPS) is 16.2. The van der Waals surface area contributed by atoms with Crippen LogP contribution in [0.4, 0.5) is 0 Å². The van der Waals surface area contributed by atoms with Gasteiger partial charge in [-0.2, -0.15) is 0 Å². The van der Waals surface area contributed by atoms with Gasteiger partial charge in [0.25, 0.3) is 10.0 Å². The maximum absolute atomic E-state index is 13.7. The summed E-state index contributed by atoms with van der Waals surface area (Å²) in [6.07, 6.45) is 6.64. The summed E-state index contributed by atoms with van der Waals surface area (Å²) in [6, 6.07) is 20.7. The number of hydrogen-bond acceptors (Lipinski definition) is 7. The van der Waals surface area contributed by atoms with Crippen LogP contribution in [0.5, 0.6) is 5.88 Å². The van der Waals surface area contributed by atoms with E-state index in [0.29, 0.717) is 29.0 Å². The van der Waals surface area contributed by atoms with Crippen molar-refractivity contribution in [3.63, 3.8) is 0 Å². The van der Waals surface area contributed by atoms with Gasteiger partial charge in [-0.05, 0) is 61.7 Å². The van der Waals surface area contributed by atoms with E-state index in [1.807, 2.05) is 19.1 Å². The largest absolute Gasteiger partial charge is 0.481 e. The van der Waals surface area contributed by atoms with E-state index in [9.17, 15) is 13.5 Å². The summed E-state index contributed by atoms with van der Waals surface area (Å²) in [5, 5.41) is 10.7. The van der Waals surface area contributed by atoms with Crippen LogP contribution in [0.15, 0.2) is 90.2 Å². The highest BCUT2D eigenvalue weighted by atomic mass is 32.2. The van der Waals surface area contributed by atoms with Crippen molar-refractivity contribution >= 4 is 21.1 Å². The SMILES string of the molecule is COc1ccc(-c2cn(S(=O)(=O)c3ccc(C)cc3)c3ncc(-c4ccc(CN5CCCC(O)C5)cc4)cc23)cn1. The lowest BCUT2D eigenvalue weighted by atomic mass is 10.0. The molecule has 0 radical (unpaired) electrons. The molecule has 8 nitrogen and oxygen atoms in total. The predicted octanol–water partition coefficient (Wildman–Crippen LogP) is 5.28. The minimum absolute atomic E-state index is 0.196. The zero-order valence-electron chi connectivity index (χ0n) is 23.1. The van der Waals surface area contributed by atoms with E-state index in [1.165, 1.54) is 9.54 Å². The van der Waals surface area contributed by atoms with Crippen molar-refractivity contribution in [3.05, 3.63) is 96.4 Å². The minimum Gasteiger partial charge on any atom is -0.481 e. The molecule has 1 atom stereocenters. The van der Waals surface area contributed by atoms with Gasteiger partial charge in [-0.3, -0.25) is 4.90 Å². The number of piperidine rings is 1. The number of nitrogens with zero attached hydrogens (tertiary/aromatic N) is 4. The highest BCUT2D eigenvalue weighted by Crippen LogP contribution is 2.35. The van der Waals surface area contributed by atoms with E-state index >= 15 is 0 Å². The van der Waals surface area contributed by atoms with Gasteiger partial charge in [-0.25, -0.2) is 22.4 Å². The molecule has 1 aliphatic rings. The summed E-state index contributed by atoms with van der Waals surface area (Å²) in [4.78, 5) is 11.5. The van der Waals surface area contributed by atoms with E-state index in [-0.39, 0.29) is 11.0 Å².